The lowest BCUT2D eigenvalue weighted by Crippen LogP contribution is -2.53. The monoisotopic (exact) mass is 424 g/mol. The van der Waals surface area contributed by atoms with Crippen molar-refractivity contribution in [2.45, 2.75) is 92.1 Å². The van der Waals surface area contributed by atoms with Crippen molar-refractivity contribution in [2.24, 2.45) is 46.3 Å². The Labute approximate surface area is 190 Å². The van der Waals surface area contributed by atoms with Gasteiger partial charge < -0.3 is 5.11 Å². The molecule has 0 bridgehead atoms. The van der Waals surface area contributed by atoms with Gasteiger partial charge in [0.05, 0.1) is 6.10 Å². The quantitative estimate of drug-likeness (QED) is 0.487. The molecule has 31 heavy (non-hydrogen) atoms. The lowest BCUT2D eigenvalue weighted by atomic mass is 9.46. The predicted molar refractivity (Wildman–Crippen MR) is 128 cm³/mol. The van der Waals surface area contributed by atoms with Crippen LogP contribution in [0.3, 0.4) is 0 Å². The molecule has 4 aliphatic carbocycles. The molecule has 0 saturated heterocycles. The van der Waals surface area contributed by atoms with Gasteiger partial charge >= 0.3 is 0 Å². The van der Waals surface area contributed by atoms with Crippen molar-refractivity contribution in [2.75, 3.05) is 0 Å². The topological polar surface area (TPSA) is 37.3 Å². The SMILES string of the molecule is C=C(C)C(/C=C/[C@@H](C)[C@H]1CC[C@H]2[C@@H]3C(=O)C=C4C[C@@H](O)CC[C@]4(C)[C@H]3CC[C@]12C)CC. The first kappa shape index (κ1) is 23.0. The van der Waals surface area contributed by atoms with Gasteiger partial charge in [0, 0.05) is 5.92 Å². The first-order chi connectivity index (χ1) is 14.6. The smallest absolute Gasteiger partial charge is 0.159 e. The van der Waals surface area contributed by atoms with Crippen LogP contribution in [0.25, 0.3) is 0 Å². The van der Waals surface area contributed by atoms with E-state index in [9.17, 15) is 9.90 Å². The zero-order chi connectivity index (χ0) is 22.6. The van der Waals surface area contributed by atoms with Crippen molar-refractivity contribution < 1.29 is 9.90 Å². The van der Waals surface area contributed by atoms with Crippen LogP contribution in [0.4, 0.5) is 0 Å². The maximum absolute atomic E-state index is 13.4. The van der Waals surface area contributed by atoms with Crippen LogP contribution in [-0.2, 0) is 4.79 Å². The molecule has 0 amide bonds. The maximum Gasteiger partial charge on any atom is 0.159 e. The highest BCUT2D eigenvalue weighted by molar-refractivity contribution is 5.94. The third-order valence-electron chi connectivity index (χ3n) is 10.3. The third-order valence-corrected chi connectivity index (χ3v) is 10.3. The number of hydrogen-bond acceptors (Lipinski definition) is 2. The van der Waals surface area contributed by atoms with Gasteiger partial charge in [0.15, 0.2) is 5.78 Å². The minimum absolute atomic E-state index is 0.124. The molecule has 0 heterocycles. The molecule has 4 rings (SSSR count). The zero-order valence-corrected chi connectivity index (χ0v) is 20.5. The molecule has 1 unspecified atom stereocenters. The molecule has 0 aromatic heterocycles. The van der Waals surface area contributed by atoms with E-state index in [0.717, 1.165) is 19.3 Å². The van der Waals surface area contributed by atoms with Crippen LogP contribution in [-0.4, -0.2) is 17.0 Å². The Hall–Kier alpha value is -1.15. The summed E-state index contributed by atoms with van der Waals surface area (Å²) in [5.74, 6) is 3.25. The number of fused-ring (bicyclic) bond motifs is 5. The molecule has 9 atom stereocenters. The van der Waals surface area contributed by atoms with E-state index in [2.05, 4.69) is 53.3 Å². The largest absolute Gasteiger partial charge is 0.393 e. The molecule has 172 valence electrons. The molecule has 1 N–H and O–H groups in total. The Morgan fingerprint density at radius 1 is 1.19 bits per heavy atom. The van der Waals surface area contributed by atoms with Crippen LogP contribution < -0.4 is 0 Å². The summed E-state index contributed by atoms with van der Waals surface area (Å²) in [6.07, 6.45) is 15.2. The zero-order valence-electron chi connectivity index (χ0n) is 20.5. The number of aliphatic hydroxyl groups excluding tert-OH is 1. The van der Waals surface area contributed by atoms with E-state index in [1.165, 1.54) is 36.8 Å². The Bertz CT molecular complexity index is 791. The molecule has 0 radical (unpaired) electrons. The molecule has 0 spiro atoms. The van der Waals surface area contributed by atoms with Crippen LogP contribution in [0.1, 0.15) is 86.0 Å². The minimum atomic E-state index is -0.257. The number of allylic oxidation sites excluding steroid dienone is 4. The van der Waals surface area contributed by atoms with Crippen molar-refractivity contribution in [1.82, 2.24) is 0 Å². The highest BCUT2D eigenvalue weighted by Crippen LogP contribution is 2.66. The van der Waals surface area contributed by atoms with Crippen molar-refractivity contribution in [3.05, 3.63) is 36.0 Å². The van der Waals surface area contributed by atoms with Crippen LogP contribution in [0, 0.1) is 46.3 Å². The first-order valence-electron chi connectivity index (χ1n) is 12.9. The average molecular weight is 425 g/mol. The van der Waals surface area contributed by atoms with Gasteiger partial charge in [-0.1, -0.05) is 57.6 Å². The summed E-state index contributed by atoms with van der Waals surface area (Å²) in [6, 6.07) is 0. The van der Waals surface area contributed by atoms with Crippen LogP contribution >= 0.6 is 0 Å². The number of ketones is 1. The fourth-order valence-corrected chi connectivity index (χ4v) is 8.38. The van der Waals surface area contributed by atoms with Gasteiger partial charge in [-0.05, 0) is 105 Å². The molecule has 0 aromatic carbocycles. The highest BCUT2D eigenvalue weighted by atomic mass is 16.3. The van der Waals surface area contributed by atoms with E-state index in [1.54, 1.807) is 0 Å². The predicted octanol–water partition coefficient (Wildman–Crippen LogP) is 6.90. The Morgan fingerprint density at radius 2 is 1.94 bits per heavy atom. The molecule has 4 aliphatic rings. The lowest BCUT2D eigenvalue weighted by Gasteiger charge is -2.57. The highest BCUT2D eigenvalue weighted by Gasteiger charge is 2.61. The van der Waals surface area contributed by atoms with Gasteiger partial charge in [-0.2, -0.15) is 0 Å². The second-order valence-electron chi connectivity index (χ2n) is 12.0. The maximum atomic E-state index is 13.4. The fraction of sp³-hybridized carbons (Fsp3) is 0.759. The normalized spacial score (nSPS) is 44.3. The van der Waals surface area contributed by atoms with Crippen molar-refractivity contribution in [3.63, 3.8) is 0 Å². The molecule has 0 aromatic rings. The van der Waals surface area contributed by atoms with Gasteiger partial charge in [0.2, 0.25) is 0 Å². The van der Waals surface area contributed by atoms with Gasteiger partial charge in [0.25, 0.3) is 0 Å². The van der Waals surface area contributed by atoms with Gasteiger partial charge in [-0.15, -0.1) is 0 Å². The Morgan fingerprint density at radius 3 is 2.61 bits per heavy atom. The summed E-state index contributed by atoms with van der Waals surface area (Å²) in [5, 5.41) is 10.2. The van der Waals surface area contributed by atoms with E-state index in [-0.39, 0.29) is 22.9 Å². The van der Waals surface area contributed by atoms with Crippen molar-refractivity contribution >= 4 is 5.78 Å². The number of carbonyl (C=O) groups is 1. The first-order valence-corrected chi connectivity index (χ1v) is 12.9. The second-order valence-corrected chi connectivity index (χ2v) is 12.0. The standard InChI is InChI=1S/C29H44O2/c1-7-20(18(2)3)9-8-19(4)23-10-11-24-27-25(13-15-29(23,24)6)28(5)14-12-22(30)16-21(28)17-26(27)31/h8-9,17,19-20,22-25,27,30H,2,7,10-16H2,1,3-6H3/b9-8+/t19-,20?,22+,23-,24+,25+,27+,28+,29-/m1/s1. The Kier molecular flexibility index (Phi) is 6.18. The summed E-state index contributed by atoms with van der Waals surface area (Å²) in [4.78, 5) is 13.4. The number of aliphatic hydroxyl groups is 1. The molecule has 3 saturated carbocycles. The number of hydrogen-bond donors (Lipinski definition) is 1. The third kappa shape index (κ3) is 3.71. The number of carbonyl (C=O) groups excluding carboxylic acids is 1. The second kappa shape index (κ2) is 8.32. The van der Waals surface area contributed by atoms with E-state index >= 15 is 0 Å². The summed E-state index contributed by atoms with van der Waals surface area (Å²) < 4.78 is 0. The van der Waals surface area contributed by atoms with Crippen LogP contribution in [0.15, 0.2) is 36.0 Å². The Balaban J connectivity index is 1.58. The summed E-state index contributed by atoms with van der Waals surface area (Å²) in [7, 11) is 0. The van der Waals surface area contributed by atoms with Crippen LogP contribution in [0.2, 0.25) is 0 Å². The molecular formula is C29H44O2. The fourth-order valence-electron chi connectivity index (χ4n) is 8.38. The summed E-state index contributed by atoms with van der Waals surface area (Å²) >= 11 is 0. The van der Waals surface area contributed by atoms with Crippen molar-refractivity contribution in [1.29, 1.82) is 0 Å². The summed E-state index contributed by atoms with van der Waals surface area (Å²) in [6.45, 7) is 15.9. The van der Waals surface area contributed by atoms with Gasteiger partial charge in [-0.3, -0.25) is 4.79 Å². The van der Waals surface area contributed by atoms with E-state index in [4.69, 9.17) is 0 Å². The van der Waals surface area contributed by atoms with E-state index in [0.29, 0.717) is 41.8 Å². The minimum Gasteiger partial charge on any atom is -0.393 e. The van der Waals surface area contributed by atoms with Crippen molar-refractivity contribution in [3.8, 4) is 0 Å². The average Bonchev–Trinajstić information content (AvgIpc) is 3.06. The molecule has 2 heteroatoms. The lowest BCUT2D eigenvalue weighted by molar-refractivity contribution is -0.134. The molecule has 0 aliphatic heterocycles. The summed E-state index contributed by atoms with van der Waals surface area (Å²) in [5.41, 5.74) is 2.89. The molecule has 2 nitrogen and oxygen atoms in total. The molecule has 3 fully saturated rings. The van der Waals surface area contributed by atoms with E-state index < -0.39 is 0 Å². The number of rotatable bonds is 5. The van der Waals surface area contributed by atoms with Crippen LogP contribution in [0.5, 0.6) is 0 Å². The van der Waals surface area contributed by atoms with E-state index in [1.807, 2.05) is 6.08 Å². The molecular weight excluding hydrogens is 380 g/mol. The van der Waals surface area contributed by atoms with Gasteiger partial charge in [0.1, 0.15) is 0 Å². The van der Waals surface area contributed by atoms with Gasteiger partial charge in [-0.25, -0.2) is 0 Å².